The fraction of sp³-hybridized carbons (Fsp3) is 0.368. The number of benzene rings is 1. The number of aryl methyl sites for hydroxylation is 1. The van der Waals surface area contributed by atoms with Gasteiger partial charge in [-0.2, -0.15) is 0 Å². The van der Waals surface area contributed by atoms with Crippen LogP contribution in [0, 0.1) is 12.7 Å². The Morgan fingerprint density at radius 3 is 2.93 bits per heavy atom. The summed E-state index contributed by atoms with van der Waals surface area (Å²) in [5.41, 5.74) is 1.37. The maximum Gasteiger partial charge on any atom is 0.191 e. The summed E-state index contributed by atoms with van der Waals surface area (Å²) in [5, 5.41) is 9.84. The first-order chi connectivity index (χ1) is 13.1. The van der Waals surface area contributed by atoms with Crippen molar-refractivity contribution in [1.29, 1.82) is 0 Å². The number of halogens is 2. The van der Waals surface area contributed by atoms with E-state index in [1.54, 1.807) is 18.4 Å². The predicted molar refractivity (Wildman–Crippen MR) is 102 cm³/mol. The monoisotopic (exact) mass is 407 g/mol. The molecule has 1 unspecified atom stereocenters. The molecule has 5 nitrogen and oxygen atoms in total. The second-order valence-electron chi connectivity index (χ2n) is 6.43. The van der Waals surface area contributed by atoms with Gasteiger partial charge in [-0.05, 0) is 38.0 Å². The SMILES string of the molecule is Cc1occc1-c1nnc(SCc2c(F)cccc2Cl)n1CC1CCCO1. The van der Waals surface area contributed by atoms with Gasteiger partial charge in [-0.3, -0.25) is 4.57 Å². The first kappa shape index (κ1) is 18.5. The molecular formula is C19H19ClFN3O2S. The Morgan fingerprint density at radius 2 is 2.22 bits per heavy atom. The second-order valence-corrected chi connectivity index (χ2v) is 7.78. The molecule has 4 rings (SSSR count). The normalized spacial score (nSPS) is 16.9. The highest BCUT2D eigenvalue weighted by Gasteiger charge is 2.23. The molecule has 27 heavy (non-hydrogen) atoms. The van der Waals surface area contributed by atoms with E-state index < -0.39 is 0 Å². The van der Waals surface area contributed by atoms with Crippen LogP contribution in [-0.4, -0.2) is 27.5 Å². The zero-order valence-corrected chi connectivity index (χ0v) is 16.4. The first-order valence-electron chi connectivity index (χ1n) is 8.78. The minimum atomic E-state index is -0.314. The van der Waals surface area contributed by atoms with Gasteiger partial charge in [0.2, 0.25) is 0 Å². The van der Waals surface area contributed by atoms with Gasteiger partial charge in [0, 0.05) is 22.9 Å². The van der Waals surface area contributed by atoms with Crippen LogP contribution in [0.25, 0.3) is 11.4 Å². The van der Waals surface area contributed by atoms with Crippen LogP contribution in [0.5, 0.6) is 0 Å². The zero-order chi connectivity index (χ0) is 18.8. The van der Waals surface area contributed by atoms with Gasteiger partial charge in [0.05, 0.1) is 24.5 Å². The van der Waals surface area contributed by atoms with Crippen LogP contribution in [-0.2, 0) is 17.0 Å². The molecule has 8 heteroatoms. The Morgan fingerprint density at radius 1 is 1.33 bits per heavy atom. The lowest BCUT2D eigenvalue weighted by Gasteiger charge is -2.14. The molecule has 3 aromatic rings. The third-order valence-electron chi connectivity index (χ3n) is 4.63. The molecule has 142 valence electrons. The summed E-state index contributed by atoms with van der Waals surface area (Å²) in [6.45, 7) is 3.33. The van der Waals surface area contributed by atoms with Crippen LogP contribution in [0.2, 0.25) is 5.02 Å². The maximum atomic E-state index is 14.1. The third-order valence-corrected chi connectivity index (χ3v) is 5.98. The average molecular weight is 408 g/mol. The summed E-state index contributed by atoms with van der Waals surface area (Å²) < 4.78 is 27.3. The van der Waals surface area contributed by atoms with Gasteiger partial charge in [-0.15, -0.1) is 10.2 Å². The van der Waals surface area contributed by atoms with E-state index in [0.29, 0.717) is 28.0 Å². The molecule has 2 aromatic heterocycles. The van der Waals surface area contributed by atoms with Crippen molar-refractivity contribution in [2.45, 2.75) is 43.3 Å². The molecule has 0 aliphatic carbocycles. The average Bonchev–Trinajstić information content (AvgIpc) is 3.37. The van der Waals surface area contributed by atoms with E-state index >= 15 is 0 Å². The van der Waals surface area contributed by atoms with Crippen LogP contribution in [0.1, 0.15) is 24.2 Å². The molecule has 1 aromatic carbocycles. The predicted octanol–water partition coefficient (Wildman–Crippen LogP) is 5.11. The number of thioether (sulfide) groups is 1. The van der Waals surface area contributed by atoms with Crippen molar-refractivity contribution in [2.24, 2.45) is 0 Å². The summed E-state index contributed by atoms with van der Waals surface area (Å²) >= 11 is 7.57. The van der Waals surface area contributed by atoms with Crippen molar-refractivity contribution in [3.8, 4) is 11.4 Å². The van der Waals surface area contributed by atoms with Crippen molar-refractivity contribution in [3.05, 3.63) is 52.7 Å². The summed E-state index contributed by atoms with van der Waals surface area (Å²) in [6, 6.07) is 6.59. The van der Waals surface area contributed by atoms with Gasteiger partial charge in [-0.1, -0.05) is 29.4 Å². The number of hydrogen-bond acceptors (Lipinski definition) is 5. The van der Waals surface area contributed by atoms with Crippen molar-refractivity contribution in [2.75, 3.05) is 6.61 Å². The Balaban J connectivity index is 1.63. The first-order valence-corrected chi connectivity index (χ1v) is 10.1. The molecule has 1 aliphatic heterocycles. The smallest absolute Gasteiger partial charge is 0.191 e. The number of furan rings is 1. The number of nitrogens with zero attached hydrogens (tertiary/aromatic N) is 3. The van der Waals surface area contributed by atoms with E-state index in [1.165, 1.54) is 17.8 Å². The minimum absolute atomic E-state index is 0.128. The molecule has 0 spiro atoms. The van der Waals surface area contributed by atoms with Gasteiger partial charge in [0.15, 0.2) is 11.0 Å². The van der Waals surface area contributed by atoms with Crippen LogP contribution in [0.15, 0.2) is 40.1 Å². The Hall–Kier alpha value is -1.83. The van der Waals surface area contributed by atoms with Gasteiger partial charge < -0.3 is 9.15 Å². The second kappa shape index (κ2) is 8.04. The molecule has 0 saturated carbocycles. The number of ether oxygens (including phenoxy) is 1. The van der Waals surface area contributed by atoms with Crippen LogP contribution in [0.3, 0.4) is 0 Å². The summed E-state index contributed by atoms with van der Waals surface area (Å²) in [7, 11) is 0. The molecule has 1 atom stereocenters. The number of aromatic nitrogens is 3. The minimum Gasteiger partial charge on any atom is -0.469 e. The highest BCUT2D eigenvalue weighted by molar-refractivity contribution is 7.98. The number of rotatable bonds is 6. The van der Waals surface area contributed by atoms with E-state index in [1.807, 2.05) is 17.6 Å². The molecule has 1 fully saturated rings. The Kier molecular flexibility index (Phi) is 5.52. The zero-order valence-electron chi connectivity index (χ0n) is 14.8. The lowest BCUT2D eigenvalue weighted by Crippen LogP contribution is -2.16. The molecule has 0 radical (unpaired) electrons. The third kappa shape index (κ3) is 3.90. The van der Waals surface area contributed by atoms with Gasteiger partial charge in [-0.25, -0.2) is 4.39 Å². The lowest BCUT2D eigenvalue weighted by atomic mass is 10.2. The van der Waals surface area contributed by atoms with Crippen LogP contribution in [0.4, 0.5) is 4.39 Å². The molecular weight excluding hydrogens is 389 g/mol. The number of hydrogen-bond donors (Lipinski definition) is 0. The lowest BCUT2D eigenvalue weighted by molar-refractivity contribution is 0.0953. The van der Waals surface area contributed by atoms with E-state index in [9.17, 15) is 4.39 Å². The molecule has 1 saturated heterocycles. The van der Waals surface area contributed by atoms with E-state index in [-0.39, 0.29) is 11.9 Å². The molecule has 3 heterocycles. The van der Waals surface area contributed by atoms with E-state index in [4.69, 9.17) is 20.8 Å². The van der Waals surface area contributed by atoms with Gasteiger partial charge in [0.1, 0.15) is 11.6 Å². The fourth-order valence-corrected chi connectivity index (χ4v) is 4.47. The molecule has 0 bridgehead atoms. The van der Waals surface area contributed by atoms with Crippen molar-refractivity contribution in [1.82, 2.24) is 14.8 Å². The van der Waals surface area contributed by atoms with Crippen molar-refractivity contribution in [3.63, 3.8) is 0 Å². The standard InChI is InChI=1S/C19H19ClFN3O2S/c1-12-14(7-9-25-12)18-22-23-19(24(18)10-13-4-3-8-26-13)27-11-15-16(20)5-2-6-17(15)21/h2,5-7,9,13H,3-4,8,10-11H2,1H3. The Labute approximate surface area is 165 Å². The highest BCUT2D eigenvalue weighted by atomic mass is 35.5. The van der Waals surface area contributed by atoms with Crippen molar-refractivity contribution >= 4 is 23.4 Å². The van der Waals surface area contributed by atoms with E-state index in [2.05, 4.69) is 10.2 Å². The highest BCUT2D eigenvalue weighted by Crippen LogP contribution is 2.32. The molecule has 0 N–H and O–H groups in total. The maximum absolute atomic E-state index is 14.1. The van der Waals surface area contributed by atoms with Crippen molar-refractivity contribution < 1.29 is 13.5 Å². The van der Waals surface area contributed by atoms with Gasteiger partial charge >= 0.3 is 0 Å². The topological polar surface area (TPSA) is 53.1 Å². The fourth-order valence-electron chi connectivity index (χ4n) is 3.18. The van der Waals surface area contributed by atoms with E-state index in [0.717, 1.165) is 36.6 Å². The molecule has 0 amide bonds. The summed E-state index contributed by atoms with van der Waals surface area (Å²) in [5.74, 6) is 1.58. The molecule has 1 aliphatic rings. The van der Waals surface area contributed by atoms with Crippen LogP contribution >= 0.6 is 23.4 Å². The largest absolute Gasteiger partial charge is 0.469 e. The Bertz CT molecular complexity index is 917. The summed E-state index contributed by atoms with van der Waals surface area (Å²) in [6.07, 6.45) is 3.83. The van der Waals surface area contributed by atoms with Gasteiger partial charge in [0.25, 0.3) is 0 Å². The quantitative estimate of drug-likeness (QED) is 0.531. The summed E-state index contributed by atoms with van der Waals surface area (Å²) in [4.78, 5) is 0. The van der Waals surface area contributed by atoms with Crippen LogP contribution < -0.4 is 0 Å².